The third-order valence-electron chi connectivity index (χ3n) is 3.96. The summed E-state index contributed by atoms with van der Waals surface area (Å²) in [5.41, 5.74) is 2.21. The molecular weight excluding hydrogens is 298 g/mol. The lowest BCUT2D eigenvalue weighted by Gasteiger charge is -2.08. The second kappa shape index (κ2) is 6.40. The van der Waals surface area contributed by atoms with E-state index in [2.05, 4.69) is 5.32 Å². The van der Waals surface area contributed by atoms with Gasteiger partial charge in [-0.2, -0.15) is 0 Å². The van der Waals surface area contributed by atoms with Crippen molar-refractivity contribution in [3.05, 3.63) is 45.1 Å². The highest BCUT2D eigenvalue weighted by Crippen LogP contribution is 2.29. The molecule has 0 atom stereocenters. The zero-order valence-electron chi connectivity index (χ0n) is 12.3. The molecule has 0 aliphatic heterocycles. The Morgan fingerprint density at radius 3 is 2.73 bits per heavy atom. The number of carbonyl (C=O) groups excluding carboxylic acids is 1. The molecule has 0 radical (unpaired) electrons. The van der Waals surface area contributed by atoms with E-state index in [0.29, 0.717) is 13.0 Å². The Kier molecular flexibility index (Phi) is 4.34. The summed E-state index contributed by atoms with van der Waals surface area (Å²) in [5.74, 6) is -0.283. The number of phenols is 2. The molecule has 0 unspecified atom stereocenters. The van der Waals surface area contributed by atoms with Crippen LogP contribution in [0.5, 0.6) is 11.5 Å². The van der Waals surface area contributed by atoms with Gasteiger partial charge in [0, 0.05) is 11.4 Å². The van der Waals surface area contributed by atoms with Crippen molar-refractivity contribution in [2.24, 2.45) is 0 Å². The largest absolute Gasteiger partial charge is 0.504 e. The van der Waals surface area contributed by atoms with Gasteiger partial charge in [-0.1, -0.05) is 6.07 Å². The number of aryl methyl sites for hydroxylation is 2. The third-order valence-corrected chi connectivity index (χ3v) is 5.20. The molecule has 1 aliphatic rings. The summed E-state index contributed by atoms with van der Waals surface area (Å²) < 4.78 is 0. The van der Waals surface area contributed by atoms with E-state index in [0.717, 1.165) is 23.3 Å². The highest BCUT2D eigenvalue weighted by molar-refractivity contribution is 7.14. The number of amides is 1. The SMILES string of the molecule is O=C(NCCc1ccc(O)c(O)c1)c1cc2c(s1)CCCC2. The summed E-state index contributed by atoms with van der Waals surface area (Å²) in [6, 6.07) is 6.75. The topological polar surface area (TPSA) is 69.6 Å². The van der Waals surface area contributed by atoms with Gasteiger partial charge in [0.1, 0.15) is 0 Å². The van der Waals surface area contributed by atoms with Crippen molar-refractivity contribution in [1.29, 1.82) is 0 Å². The highest BCUT2D eigenvalue weighted by Gasteiger charge is 2.16. The van der Waals surface area contributed by atoms with Crippen LogP contribution in [0.15, 0.2) is 24.3 Å². The van der Waals surface area contributed by atoms with Gasteiger partial charge in [-0.25, -0.2) is 0 Å². The molecule has 0 spiro atoms. The first-order valence-corrected chi connectivity index (χ1v) is 8.36. The number of rotatable bonds is 4. The first kappa shape index (κ1) is 14.9. The van der Waals surface area contributed by atoms with Gasteiger partial charge in [0.2, 0.25) is 0 Å². The van der Waals surface area contributed by atoms with Crippen LogP contribution in [0.2, 0.25) is 0 Å². The van der Waals surface area contributed by atoms with E-state index in [1.807, 2.05) is 6.07 Å². The van der Waals surface area contributed by atoms with Crippen molar-refractivity contribution in [3.8, 4) is 11.5 Å². The van der Waals surface area contributed by atoms with Crippen LogP contribution < -0.4 is 5.32 Å². The van der Waals surface area contributed by atoms with Crippen molar-refractivity contribution in [2.75, 3.05) is 6.54 Å². The van der Waals surface area contributed by atoms with E-state index >= 15 is 0 Å². The van der Waals surface area contributed by atoms with Gasteiger partial charge in [0.15, 0.2) is 11.5 Å². The van der Waals surface area contributed by atoms with Gasteiger partial charge in [-0.3, -0.25) is 4.79 Å². The first-order chi connectivity index (χ1) is 10.6. The lowest BCUT2D eigenvalue weighted by atomic mass is 9.99. The average Bonchev–Trinajstić information content (AvgIpc) is 2.95. The fraction of sp³-hybridized carbons (Fsp3) is 0.353. The molecule has 1 aromatic carbocycles. The molecule has 1 aromatic heterocycles. The van der Waals surface area contributed by atoms with Crippen molar-refractivity contribution >= 4 is 17.2 Å². The molecule has 3 N–H and O–H groups in total. The average molecular weight is 317 g/mol. The van der Waals surface area contributed by atoms with Gasteiger partial charge < -0.3 is 15.5 Å². The molecule has 0 bridgehead atoms. The first-order valence-electron chi connectivity index (χ1n) is 7.54. The zero-order valence-corrected chi connectivity index (χ0v) is 13.1. The Balaban J connectivity index is 1.55. The number of nitrogens with one attached hydrogen (secondary N) is 1. The lowest BCUT2D eigenvalue weighted by molar-refractivity contribution is 0.0958. The summed E-state index contributed by atoms with van der Waals surface area (Å²) in [6.45, 7) is 0.506. The molecule has 0 fully saturated rings. The second-order valence-electron chi connectivity index (χ2n) is 5.60. The van der Waals surface area contributed by atoms with Crippen LogP contribution >= 0.6 is 11.3 Å². The Bertz CT molecular complexity index is 670. The van der Waals surface area contributed by atoms with Gasteiger partial charge in [-0.05, 0) is 61.4 Å². The number of aromatic hydroxyl groups is 2. The van der Waals surface area contributed by atoms with Crippen LogP contribution in [0.25, 0.3) is 0 Å². The molecule has 2 aromatic rings. The molecule has 116 valence electrons. The molecule has 1 amide bonds. The minimum atomic E-state index is -0.130. The summed E-state index contributed by atoms with van der Waals surface area (Å²) in [6.07, 6.45) is 5.24. The molecule has 3 rings (SSSR count). The molecule has 4 nitrogen and oxygen atoms in total. The second-order valence-corrected chi connectivity index (χ2v) is 6.73. The fourth-order valence-electron chi connectivity index (χ4n) is 2.73. The van der Waals surface area contributed by atoms with E-state index < -0.39 is 0 Å². The van der Waals surface area contributed by atoms with Crippen LogP contribution in [0.3, 0.4) is 0 Å². The minimum absolute atomic E-state index is 0.0256. The number of benzene rings is 1. The Labute approximate surface area is 133 Å². The summed E-state index contributed by atoms with van der Waals surface area (Å²) in [4.78, 5) is 14.3. The number of carbonyl (C=O) groups is 1. The van der Waals surface area contributed by atoms with Crippen molar-refractivity contribution < 1.29 is 15.0 Å². The number of fused-ring (bicyclic) bond motifs is 1. The number of hydrogen-bond donors (Lipinski definition) is 3. The monoisotopic (exact) mass is 317 g/mol. The van der Waals surface area contributed by atoms with Crippen molar-refractivity contribution in [1.82, 2.24) is 5.32 Å². The standard InChI is InChI=1S/C17H19NO3S/c19-13-6-5-11(9-14(13)20)7-8-18-17(21)16-10-12-3-1-2-4-15(12)22-16/h5-6,9-10,19-20H,1-4,7-8H2,(H,18,21). The molecule has 5 heteroatoms. The summed E-state index contributed by atoms with van der Waals surface area (Å²) in [5, 5.41) is 21.6. The van der Waals surface area contributed by atoms with Gasteiger partial charge in [0.25, 0.3) is 5.91 Å². The smallest absolute Gasteiger partial charge is 0.261 e. The Morgan fingerprint density at radius 2 is 1.95 bits per heavy atom. The minimum Gasteiger partial charge on any atom is -0.504 e. The molecular formula is C17H19NO3S. The molecule has 0 saturated heterocycles. The Hall–Kier alpha value is -2.01. The maximum Gasteiger partial charge on any atom is 0.261 e. The zero-order chi connectivity index (χ0) is 15.5. The van der Waals surface area contributed by atoms with E-state index in [1.54, 1.807) is 17.4 Å². The molecule has 1 heterocycles. The van der Waals surface area contributed by atoms with Crippen LogP contribution in [0, 0.1) is 0 Å². The summed E-state index contributed by atoms with van der Waals surface area (Å²) >= 11 is 1.61. The van der Waals surface area contributed by atoms with Crippen molar-refractivity contribution in [2.45, 2.75) is 32.1 Å². The quantitative estimate of drug-likeness (QED) is 0.759. The normalized spacial score (nSPS) is 13.6. The van der Waals surface area contributed by atoms with Crippen LogP contribution in [-0.2, 0) is 19.3 Å². The molecule has 1 aliphatic carbocycles. The van der Waals surface area contributed by atoms with Crippen LogP contribution in [0.4, 0.5) is 0 Å². The van der Waals surface area contributed by atoms with E-state index in [4.69, 9.17) is 0 Å². The summed E-state index contributed by atoms with van der Waals surface area (Å²) in [7, 11) is 0. The van der Waals surface area contributed by atoms with Gasteiger partial charge in [-0.15, -0.1) is 11.3 Å². The Morgan fingerprint density at radius 1 is 1.14 bits per heavy atom. The van der Waals surface area contributed by atoms with Gasteiger partial charge in [0.05, 0.1) is 4.88 Å². The van der Waals surface area contributed by atoms with Crippen LogP contribution in [0.1, 0.15) is 38.5 Å². The maximum atomic E-state index is 12.2. The number of thiophene rings is 1. The maximum absolute atomic E-state index is 12.2. The van der Waals surface area contributed by atoms with Crippen LogP contribution in [-0.4, -0.2) is 22.7 Å². The third kappa shape index (κ3) is 3.25. The lowest BCUT2D eigenvalue weighted by Crippen LogP contribution is -2.24. The van der Waals surface area contributed by atoms with E-state index in [-0.39, 0.29) is 17.4 Å². The number of hydrogen-bond acceptors (Lipinski definition) is 4. The molecule has 0 saturated carbocycles. The predicted molar refractivity (Wildman–Crippen MR) is 86.8 cm³/mol. The van der Waals surface area contributed by atoms with Gasteiger partial charge >= 0.3 is 0 Å². The van der Waals surface area contributed by atoms with Crippen molar-refractivity contribution in [3.63, 3.8) is 0 Å². The number of phenolic OH excluding ortho intramolecular Hbond substituents is 2. The molecule has 22 heavy (non-hydrogen) atoms. The highest BCUT2D eigenvalue weighted by atomic mass is 32.1. The fourth-order valence-corrected chi connectivity index (χ4v) is 3.90. The van der Waals surface area contributed by atoms with E-state index in [1.165, 1.54) is 35.4 Å². The predicted octanol–water partition coefficient (Wildman–Crippen LogP) is 3.01. The van der Waals surface area contributed by atoms with E-state index in [9.17, 15) is 15.0 Å².